The quantitative estimate of drug-likeness (QED) is 0.560. The molecule has 0 fully saturated rings. The van der Waals surface area contributed by atoms with Crippen molar-refractivity contribution in [2.45, 2.75) is 51.7 Å². The van der Waals surface area contributed by atoms with E-state index < -0.39 is 0 Å². The second-order valence-corrected chi connectivity index (χ2v) is 5.72. The molecule has 1 aromatic rings. The van der Waals surface area contributed by atoms with E-state index in [1.165, 1.54) is 6.42 Å². The van der Waals surface area contributed by atoms with Crippen molar-refractivity contribution < 1.29 is 0 Å². The molecule has 0 aliphatic rings. The predicted molar refractivity (Wildman–Crippen MR) is 85.1 cm³/mol. The van der Waals surface area contributed by atoms with Crippen molar-refractivity contribution >= 4 is 23.4 Å². The smallest absolute Gasteiger partial charge is 0.191 e. The Morgan fingerprint density at radius 3 is 2.47 bits per heavy atom. The molecule has 0 bridgehead atoms. The van der Waals surface area contributed by atoms with E-state index in [1.54, 1.807) is 11.8 Å². The molecule has 5 heteroatoms. The Kier molecular flexibility index (Phi) is 6.99. The van der Waals surface area contributed by atoms with Crippen molar-refractivity contribution in [1.82, 2.24) is 9.97 Å². The van der Waals surface area contributed by atoms with Crippen molar-refractivity contribution in [3.8, 4) is 0 Å². The van der Waals surface area contributed by atoms with Gasteiger partial charge in [0.15, 0.2) is 5.16 Å². The Morgan fingerprint density at radius 2 is 1.89 bits per heavy atom. The summed E-state index contributed by atoms with van der Waals surface area (Å²) < 4.78 is 0. The molecule has 4 nitrogen and oxygen atoms in total. The van der Waals surface area contributed by atoms with Gasteiger partial charge < -0.3 is 10.6 Å². The lowest BCUT2D eigenvalue weighted by Crippen LogP contribution is -2.19. The molecule has 0 saturated carbocycles. The van der Waals surface area contributed by atoms with E-state index in [0.717, 1.165) is 35.7 Å². The molecule has 108 valence electrons. The molecule has 0 aliphatic carbocycles. The molecule has 0 radical (unpaired) electrons. The Morgan fingerprint density at radius 1 is 1.21 bits per heavy atom. The van der Waals surface area contributed by atoms with Crippen LogP contribution < -0.4 is 10.6 Å². The molecule has 19 heavy (non-hydrogen) atoms. The second kappa shape index (κ2) is 8.25. The minimum Gasteiger partial charge on any atom is -0.370 e. The van der Waals surface area contributed by atoms with E-state index in [2.05, 4.69) is 48.3 Å². The molecule has 1 aromatic heterocycles. The van der Waals surface area contributed by atoms with Gasteiger partial charge in [-0.25, -0.2) is 9.97 Å². The number of nitrogens with one attached hydrogen (secondary N) is 2. The van der Waals surface area contributed by atoms with Gasteiger partial charge in [-0.1, -0.05) is 32.0 Å². The lowest BCUT2D eigenvalue weighted by Gasteiger charge is -2.18. The van der Waals surface area contributed by atoms with Crippen LogP contribution in [0.5, 0.6) is 0 Å². The summed E-state index contributed by atoms with van der Waals surface area (Å²) in [6, 6.07) is 2.41. The highest BCUT2D eigenvalue weighted by atomic mass is 32.2. The fourth-order valence-corrected chi connectivity index (χ4v) is 2.32. The van der Waals surface area contributed by atoms with Gasteiger partial charge in [-0.05, 0) is 32.4 Å². The first-order chi connectivity index (χ1) is 9.08. The summed E-state index contributed by atoms with van der Waals surface area (Å²) in [6.45, 7) is 9.67. The van der Waals surface area contributed by atoms with E-state index in [-0.39, 0.29) is 0 Å². The molecule has 0 saturated heterocycles. The molecule has 0 aliphatic heterocycles. The van der Waals surface area contributed by atoms with E-state index >= 15 is 0 Å². The van der Waals surface area contributed by atoms with Gasteiger partial charge in [0.2, 0.25) is 0 Å². The molecular formula is C14H26N4S. The number of thioether (sulfide) groups is 1. The molecule has 0 spiro atoms. The fourth-order valence-electron chi connectivity index (χ4n) is 1.94. The highest BCUT2D eigenvalue weighted by molar-refractivity contribution is 7.98. The molecule has 2 atom stereocenters. The summed E-state index contributed by atoms with van der Waals surface area (Å²) in [5.74, 6) is 2.53. The first-order valence-corrected chi connectivity index (χ1v) is 8.24. The topological polar surface area (TPSA) is 49.8 Å². The average molecular weight is 282 g/mol. The lowest BCUT2D eigenvalue weighted by molar-refractivity contribution is 0.483. The van der Waals surface area contributed by atoms with Crippen LogP contribution in [-0.2, 0) is 0 Å². The van der Waals surface area contributed by atoms with Gasteiger partial charge in [0.25, 0.3) is 0 Å². The summed E-state index contributed by atoms with van der Waals surface area (Å²) in [4.78, 5) is 8.93. The standard InChI is InChI=1S/C14H26N4S/c1-6-10(3)8-11(4)16-13-9-12(15-7-2)17-14(18-13)19-5/h9-11H,6-8H2,1-5H3,(H2,15,16,17,18). The number of hydrogen-bond acceptors (Lipinski definition) is 5. The van der Waals surface area contributed by atoms with Crippen LogP contribution in [-0.4, -0.2) is 28.8 Å². The summed E-state index contributed by atoms with van der Waals surface area (Å²) in [5, 5.41) is 7.52. The number of nitrogens with zero attached hydrogens (tertiary/aromatic N) is 2. The summed E-state index contributed by atoms with van der Waals surface area (Å²) >= 11 is 1.57. The largest absolute Gasteiger partial charge is 0.370 e. The minimum absolute atomic E-state index is 0.425. The lowest BCUT2D eigenvalue weighted by atomic mass is 10.0. The van der Waals surface area contributed by atoms with Crippen LogP contribution >= 0.6 is 11.8 Å². The summed E-state index contributed by atoms with van der Waals surface area (Å²) in [6.07, 6.45) is 4.37. The fraction of sp³-hybridized carbons (Fsp3) is 0.714. The molecule has 2 N–H and O–H groups in total. The Hall–Kier alpha value is -0.970. The highest BCUT2D eigenvalue weighted by Gasteiger charge is 2.09. The third kappa shape index (κ3) is 5.68. The zero-order valence-electron chi connectivity index (χ0n) is 12.7. The normalized spacial score (nSPS) is 13.9. The first kappa shape index (κ1) is 16.1. The molecular weight excluding hydrogens is 256 g/mol. The summed E-state index contributed by atoms with van der Waals surface area (Å²) in [5.41, 5.74) is 0. The SMILES string of the molecule is CCNc1cc(NC(C)CC(C)CC)nc(SC)n1. The molecule has 2 unspecified atom stereocenters. The maximum Gasteiger partial charge on any atom is 0.191 e. The van der Waals surface area contributed by atoms with Crippen LogP contribution in [0.3, 0.4) is 0 Å². The number of rotatable bonds is 8. The van der Waals surface area contributed by atoms with Gasteiger partial charge >= 0.3 is 0 Å². The third-order valence-corrected chi connectivity index (χ3v) is 3.64. The van der Waals surface area contributed by atoms with Gasteiger partial charge in [-0.3, -0.25) is 0 Å². The molecule has 0 aromatic carbocycles. The van der Waals surface area contributed by atoms with Gasteiger partial charge in [0.1, 0.15) is 11.6 Å². The average Bonchev–Trinajstić information content (AvgIpc) is 2.38. The summed E-state index contributed by atoms with van der Waals surface area (Å²) in [7, 11) is 0. The maximum absolute atomic E-state index is 4.51. The zero-order valence-corrected chi connectivity index (χ0v) is 13.5. The van der Waals surface area contributed by atoms with Gasteiger partial charge in [0, 0.05) is 18.7 Å². The Balaban J connectivity index is 2.73. The van der Waals surface area contributed by atoms with Crippen LogP contribution in [0.2, 0.25) is 0 Å². The molecule has 1 rings (SSSR count). The van der Waals surface area contributed by atoms with Crippen LogP contribution in [0.15, 0.2) is 11.2 Å². The van der Waals surface area contributed by atoms with E-state index in [9.17, 15) is 0 Å². The van der Waals surface area contributed by atoms with Gasteiger partial charge in [-0.15, -0.1) is 0 Å². The first-order valence-electron chi connectivity index (χ1n) is 7.02. The number of anilines is 2. The van der Waals surface area contributed by atoms with Crippen LogP contribution in [0.4, 0.5) is 11.6 Å². The van der Waals surface area contributed by atoms with Crippen LogP contribution in [0.1, 0.15) is 40.5 Å². The van der Waals surface area contributed by atoms with Crippen molar-refractivity contribution in [2.24, 2.45) is 5.92 Å². The number of hydrogen-bond donors (Lipinski definition) is 2. The van der Waals surface area contributed by atoms with Crippen molar-refractivity contribution in [2.75, 3.05) is 23.4 Å². The van der Waals surface area contributed by atoms with E-state index in [4.69, 9.17) is 0 Å². The van der Waals surface area contributed by atoms with Gasteiger partial charge in [0.05, 0.1) is 0 Å². The van der Waals surface area contributed by atoms with Crippen LogP contribution in [0, 0.1) is 5.92 Å². The monoisotopic (exact) mass is 282 g/mol. The van der Waals surface area contributed by atoms with Crippen molar-refractivity contribution in [3.05, 3.63) is 6.07 Å². The predicted octanol–water partition coefficient (Wildman–Crippen LogP) is 3.87. The van der Waals surface area contributed by atoms with Crippen LogP contribution in [0.25, 0.3) is 0 Å². The maximum atomic E-state index is 4.51. The molecule has 1 heterocycles. The number of aromatic nitrogens is 2. The second-order valence-electron chi connectivity index (χ2n) is 4.95. The van der Waals surface area contributed by atoms with Crippen molar-refractivity contribution in [3.63, 3.8) is 0 Å². The van der Waals surface area contributed by atoms with E-state index in [1.807, 2.05) is 12.3 Å². The Bertz CT molecular complexity index is 384. The third-order valence-electron chi connectivity index (χ3n) is 3.09. The zero-order chi connectivity index (χ0) is 14.3. The van der Waals surface area contributed by atoms with Gasteiger partial charge in [-0.2, -0.15) is 0 Å². The van der Waals surface area contributed by atoms with Crippen molar-refractivity contribution in [1.29, 1.82) is 0 Å². The minimum atomic E-state index is 0.425. The highest BCUT2D eigenvalue weighted by Crippen LogP contribution is 2.19. The van der Waals surface area contributed by atoms with E-state index in [0.29, 0.717) is 6.04 Å². The Labute approximate surface area is 121 Å². The molecule has 0 amide bonds.